The van der Waals surface area contributed by atoms with Crippen molar-refractivity contribution in [3.8, 4) is 5.75 Å². The van der Waals surface area contributed by atoms with Gasteiger partial charge >= 0.3 is 0 Å². The maximum atomic E-state index is 5.82. The van der Waals surface area contributed by atoms with Gasteiger partial charge in [0.15, 0.2) is 0 Å². The molecule has 0 spiro atoms. The number of hydrogen-bond donors (Lipinski definition) is 0. The summed E-state index contributed by atoms with van der Waals surface area (Å²) in [4.78, 5) is 0. The van der Waals surface area contributed by atoms with Gasteiger partial charge in [-0.1, -0.05) is 55.8 Å². The fourth-order valence-corrected chi connectivity index (χ4v) is 9.48. The second-order valence-electron chi connectivity index (χ2n) is 7.88. The summed E-state index contributed by atoms with van der Waals surface area (Å²) in [5.74, 6) is 2.56. The molecule has 1 aromatic carbocycles. The molecule has 2 heteroatoms. The second-order valence-corrected chi connectivity index (χ2v) is 12.5. The molecule has 0 fully saturated rings. The van der Waals surface area contributed by atoms with E-state index in [1.807, 2.05) is 7.11 Å². The van der Waals surface area contributed by atoms with Gasteiger partial charge in [0.1, 0.15) is 5.75 Å². The first-order chi connectivity index (χ1) is 10.1. The van der Waals surface area contributed by atoms with Crippen molar-refractivity contribution < 1.29 is 4.74 Å². The van der Waals surface area contributed by atoms with Crippen LogP contribution >= 0.6 is 0 Å². The summed E-state index contributed by atoms with van der Waals surface area (Å²) in [5.41, 5.74) is 6.58. The van der Waals surface area contributed by atoms with Gasteiger partial charge in [0.25, 0.3) is 0 Å². The van der Waals surface area contributed by atoms with E-state index < -0.39 is 8.07 Å². The van der Waals surface area contributed by atoms with Crippen molar-refractivity contribution in [2.45, 2.75) is 60.2 Å². The molecular weight excluding hydrogens is 284 g/mol. The van der Waals surface area contributed by atoms with Gasteiger partial charge < -0.3 is 4.74 Å². The number of rotatable bonds is 3. The number of aryl methyl sites for hydroxylation is 2. The Morgan fingerprint density at radius 1 is 0.955 bits per heavy atom. The topological polar surface area (TPSA) is 9.23 Å². The number of hydrogen-bond acceptors (Lipinski definition) is 1. The lowest BCUT2D eigenvalue weighted by atomic mass is 9.95. The molecule has 0 N–H and O–H groups in total. The van der Waals surface area contributed by atoms with Crippen molar-refractivity contribution in [3.05, 3.63) is 34.4 Å². The molecular formula is C20H32OSi. The molecule has 122 valence electrons. The largest absolute Gasteiger partial charge is 0.497 e. The van der Waals surface area contributed by atoms with Gasteiger partial charge in [-0.05, 0) is 55.8 Å². The van der Waals surface area contributed by atoms with Crippen molar-refractivity contribution >= 4 is 13.3 Å². The first kappa shape index (κ1) is 17.3. The van der Waals surface area contributed by atoms with Crippen molar-refractivity contribution in [2.75, 3.05) is 7.11 Å². The quantitative estimate of drug-likeness (QED) is 0.549. The summed E-state index contributed by atoms with van der Waals surface area (Å²) in [7, 11) is 0.152. The van der Waals surface area contributed by atoms with Gasteiger partial charge in [-0.2, -0.15) is 0 Å². The number of benzene rings is 1. The molecule has 1 aliphatic rings. The molecule has 0 saturated heterocycles. The van der Waals surface area contributed by atoms with Crippen LogP contribution in [0.15, 0.2) is 23.3 Å². The summed E-state index contributed by atoms with van der Waals surface area (Å²) < 4.78 is 5.82. The first-order valence-electron chi connectivity index (χ1n) is 8.45. The molecule has 1 aromatic rings. The van der Waals surface area contributed by atoms with Crippen molar-refractivity contribution in [1.29, 1.82) is 0 Å². The van der Waals surface area contributed by atoms with Gasteiger partial charge in [-0.25, -0.2) is 0 Å². The summed E-state index contributed by atoms with van der Waals surface area (Å²) in [6, 6.07) is 4.62. The predicted octanol–water partition coefficient (Wildman–Crippen LogP) is 5.22. The van der Waals surface area contributed by atoms with Gasteiger partial charge in [0.05, 0.1) is 15.2 Å². The van der Waals surface area contributed by atoms with Crippen LogP contribution in [0.3, 0.4) is 0 Å². The molecule has 3 unspecified atom stereocenters. The highest BCUT2D eigenvalue weighted by atomic mass is 28.3. The molecule has 3 atom stereocenters. The van der Waals surface area contributed by atoms with Gasteiger partial charge in [-0.3, -0.25) is 0 Å². The van der Waals surface area contributed by atoms with Crippen molar-refractivity contribution in [1.82, 2.24) is 0 Å². The SMILES string of the molecule is COc1c(C)cc(C)cc1[Si](C)(C)C1C(C)=C(C)C(C)C1C. The van der Waals surface area contributed by atoms with Crippen LogP contribution in [0, 0.1) is 25.7 Å². The second kappa shape index (κ2) is 5.88. The van der Waals surface area contributed by atoms with Crippen LogP contribution in [0.4, 0.5) is 0 Å². The lowest BCUT2D eigenvalue weighted by Crippen LogP contribution is -2.49. The molecule has 22 heavy (non-hydrogen) atoms. The molecule has 0 radical (unpaired) electrons. The molecule has 0 saturated carbocycles. The Labute approximate surface area is 137 Å². The minimum atomic E-state index is -1.67. The van der Waals surface area contributed by atoms with E-state index in [1.165, 1.54) is 16.3 Å². The Kier molecular flexibility index (Phi) is 4.63. The van der Waals surface area contributed by atoms with Crippen molar-refractivity contribution in [3.63, 3.8) is 0 Å². The molecule has 2 rings (SSSR count). The summed E-state index contributed by atoms with van der Waals surface area (Å²) >= 11 is 0. The van der Waals surface area contributed by atoms with Crippen LogP contribution in [0.25, 0.3) is 0 Å². The van der Waals surface area contributed by atoms with E-state index >= 15 is 0 Å². The molecule has 0 heterocycles. The van der Waals surface area contributed by atoms with Gasteiger partial charge in [-0.15, -0.1) is 0 Å². The molecule has 0 aliphatic heterocycles. The Hall–Kier alpha value is -1.02. The van der Waals surface area contributed by atoms with Crippen LogP contribution in [0.5, 0.6) is 5.75 Å². The summed E-state index contributed by atoms with van der Waals surface area (Å²) in [6.45, 7) is 19.0. The van der Waals surface area contributed by atoms with Gasteiger partial charge in [0, 0.05) is 0 Å². The van der Waals surface area contributed by atoms with Crippen LogP contribution < -0.4 is 9.92 Å². The number of ether oxygens (including phenoxy) is 1. The molecule has 1 aliphatic carbocycles. The van der Waals surface area contributed by atoms with Gasteiger partial charge in [0.2, 0.25) is 0 Å². The molecule has 1 nitrogen and oxygen atoms in total. The fraction of sp³-hybridized carbons (Fsp3) is 0.600. The van der Waals surface area contributed by atoms with Crippen LogP contribution in [0.1, 0.15) is 38.8 Å². The molecule has 0 aromatic heterocycles. The van der Waals surface area contributed by atoms with E-state index in [1.54, 1.807) is 11.1 Å². The molecule has 0 bridgehead atoms. The van der Waals surface area contributed by atoms with E-state index in [0.29, 0.717) is 11.5 Å². The highest BCUT2D eigenvalue weighted by molar-refractivity contribution is 6.92. The van der Waals surface area contributed by atoms with Crippen LogP contribution in [-0.2, 0) is 0 Å². The van der Waals surface area contributed by atoms with Crippen LogP contribution in [0.2, 0.25) is 18.6 Å². The Balaban J connectivity index is 2.61. The average molecular weight is 317 g/mol. The minimum Gasteiger partial charge on any atom is -0.497 e. The van der Waals surface area contributed by atoms with Crippen LogP contribution in [-0.4, -0.2) is 15.2 Å². The fourth-order valence-electron chi connectivity index (χ4n) is 4.75. The highest BCUT2D eigenvalue weighted by Gasteiger charge is 2.46. The Morgan fingerprint density at radius 2 is 1.55 bits per heavy atom. The maximum Gasteiger partial charge on any atom is 0.121 e. The van der Waals surface area contributed by atoms with Crippen molar-refractivity contribution in [2.24, 2.45) is 11.8 Å². The first-order valence-corrected chi connectivity index (χ1v) is 11.5. The van der Waals surface area contributed by atoms with E-state index in [2.05, 4.69) is 66.8 Å². The lowest BCUT2D eigenvalue weighted by Gasteiger charge is -2.37. The third kappa shape index (κ3) is 2.56. The van der Waals surface area contributed by atoms with E-state index in [-0.39, 0.29) is 0 Å². The van der Waals surface area contributed by atoms with E-state index in [0.717, 1.165) is 11.7 Å². The molecule has 0 amide bonds. The highest BCUT2D eigenvalue weighted by Crippen LogP contribution is 2.50. The minimum absolute atomic E-state index is 0.702. The standard InChI is InChI=1S/C20H32OSi/c1-12-10-13(2)19(21-7)18(11-12)22(8,9)20-16(5)14(3)15(4)17(20)6/h10-11,14,16,20H,1-9H3. The smallest absolute Gasteiger partial charge is 0.121 e. The maximum absolute atomic E-state index is 5.82. The summed E-state index contributed by atoms with van der Waals surface area (Å²) in [5, 5.41) is 1.49. The monoisotopic (exact) mass is 316 g/mol. The zero-order valence-electron chi connectivity index (χ0n) is 15.8. The normalized spacial score (nSPS) is 25.8. The average Bonchev–Trinajstić information content (AvgIpc) is 2.62. The van der Waals surface area contributed by atoms with E-state index in [4.69, 9.17) is 4.74 Å². The third-order valence-corrected chi connectivity index (χ3v) is 10.5. The number of allylic oxidation sites excluding steroid dienone is 2. The third-order valence-electron chi connectivity index (χ3n) is 6.18. The lowest BCUT2D eigenvalue weighted by molar-refractivity contribution is 0.414. The Bertz CT molecular complexity index is 612. The predicted molar refractivity (Wildman–Crippen MR) is 100 cm³/mol. The number of methoxy groups -OCH3 is 1. The van der Waals surface area contributed by atoms with E-state index in [9.17, 15) is 0 Å². The Morgan fingerprint density at radius 3 is 2.00 bits per heavy atom. The zero-order chi connectivity index (χ0) is 16.8. The zero-order valence-corrected chi connectivity index (χ0v) is 16.8. The summed E-state index contributed by atoms with van der Waals surface area (Å²) in [6.07, 6.45) is 0.